The molecule has 5 nitrogen and oxygen atoms in total. The van der Waals surface area contributed by atoms with E-state index in [2.05, 4.69) is 0 Å². The molecule has 0 aromatic heterocycles. The summed E-state index contributed by atoms with van der Waals surface area (Å²) in [4.78, 5) is 11.0. The van der Waals surface area contributed by atoms with Crippen molar-refractivity contribution in [3.8, 4) is 0 Å². The molecular weight excluding hydrogens is 314 g/mol. The first-order valence-corrected chi connectivity index (χ1v) is 8.79. The van der Waals surface area contributed by atoms with Gasteiger partial charge < -0.3 is 10.8 Å². The molecule has 0 saturated carbocycles. The van der Waals surface area contributed by atoms with E-state index in [4.69, 9.17) is 10.8 Å². The average molecular weight is 333 g/mol. The lowest BCUT2D eigenvalue weighted by Crippen LogP contribution is -2.32. The molecule has 6 heteroatoms. The van der Waals surface area contributed by atoms with Crippen LogP contribution in [0, 0.1) is 6.92 Å². The minimum Gasteiger partial charge on any atom is -0.480 e. The fraction of sp³-hybridized carbons (Fsp3) is 0.235. The van der Waals surface area contributed by atoms with E-state index in [-0.39, 0.29) is 12.2 Å². The summed E-state index contributed by atoms with van der Waals surface area (Å²) in [5.41, 5.74) is 7.90. The highest BCUT2D eigenvalue weighted by atomic mass is 32.2. The normalized spacial score (nSPS) is 12.8. The number of sulfone groups is 1. The molecule has 0 amide bonds. The summed E-state index contributed by atoms with van der Waals surface area (Å²) in [6.07, 6.45) is 0.209. The minimum atomic E-state index is -3.40. The van der Waals surface area contributed by atoms with Crippen LogP contribution in [-0.2, 0) is 26.8 Å². The molecule has 0 aliphatic carbocycles. The van der Waals surface area contributed by atoms with Gasteiger partial charge in [-0.2, -0.15) is 0 Å². The van der Waals surface area contributed by atoms with Crippen molar-refractivity contribution in [1.29, 1.82) is 0 Å². The van der Waals surface area contributed by atoms with Crippen molar-refractivity contribution in [2.45, 2.75) is 30.0 Å². The van der Waals surface area contributed by atoms with Crippen LogP contribution in [0.25, 0.3) is 0 Å². The largest absolute Gasteiger partial charge is 0.480 e. The summed E-state index contributed by atoms with van der Waals surface area (Å²) in [5.74, 6) is -1.16. The number of aliphatic carboxylic acids is 1. The van der Waals surface area contributed by atoms with Crippen molar-refractivity contribution in [3.05, 3.63) is 65.2 Å². The van der Waals surface area contributed by atoms with Crippen LogP contribution in [-0.4, -0.2) is 25.5 Å². The van der Waals surface area contributed by atoms with Gasteiger partial charge in [0.25, 0.3) is 0 Å². The molecule has 2 aromatic carbocycles. The Morgan fingerprint density at radius 1 is 1.04 bits per heavy atom. The number of aryl methyl sites for hydroxylation is 1. The first-order valence-electron chi connectivity index (χ1n) is 7.13. The maximum absolute atomic E-state index is 12.4. The summed E-state index contributed by atoms with van der Waals surface area (Å²) in [5, 5.41) is 8.79. The number of hydrogen-bond donors (Lipinski definition) is 2. The van der Waals surface area contributed by atoms with E-state index >= 15 is 0 Å². The van der Waals surface area contributed by atoms with E-state index < -0.39 is 21.8 Å². The van der Waals surface area contributed by atoms with Crippen LogP contribution in [0.1, 0.15) is 16.7 Å². The van der Waals surface area contributed by atoms with Crippen LogP contribution >= 0.6 is 0 Å². The highest BCUT2D eigenvalue weighted by Crippen LogP contribution is 2.17. The fourth-order valence-electron chi connectivity index (χ4n) is 2.16. The van der Waals surface area contributed by atoms with Crippen LogP contribution in [0.2, 0.25) is 0 Å². The van der Waals surface area contributed by atoms with Crippen LogP contribution in [0.3, 0.4) is 0 Å². The Balaban J connectivity index is 2.11. The average Bonchev–Trinajstić information content (AvgIpc) is 2.49. The van der Waals surface area contributed by atoms with Gasteiger partial charge in [-0.25, -0.2) is 8.42 Å². The third-order valence-corrected chi connectivity index (χ3v) is 5.24. The number of rotatable bonds is 6. The highest BCUT2D eigenvalue weighted by molar-refractivity contribution is 7.90. The standard InChI is InChI=1S/C17H19NO4S/c1-12-2-8-15(9-3-12)23(21,22)11-14-6-4-13(5-7-14)10-16(18)17(19)20/h2-9,16H,10-11,18H2,1H3,(H,19,20)/t16-/m0/s1. The van der Waals surface area contributed by atoms with Gasteiger partial charge in [-0.15, -0.1) is 0 Å². The molecule has 23 heavy (non-hydrogen) atoms. The Hall–Kier alpha value is -2.18. The molecule has 0 heterocycles. The minimum absolute atomic E-state index is 0.0959. The maximum atomic E-state index is 12.4. The van der Waals surface area contributed by atoms with E-state index in [1.54, 1.807) is 48.5 Å². The third-order valence-electron chi connectivity index (χ3n) is 3.53. The van der Waals surface area contributed by atoms with Crippen LogP contribution in [0.15, 0.2) is 53.4 Å². The predicted molar refractivity (Wildman–Crippen MR) is 87.8 cm³/mol. The Labute approximate surface area is 135 Å². The summed E-state index contributed by atoms with van der Waals surface area (Å²) in [6, 6.07) is 12.6. The molecular formula is C17H19NO4S. The molecule has 0 fully saturated rings. The van der Waals surface area contributed by atoms with Gasteiger partial charge in [0.15, 0.2) is 9.84 Å². The monoisotopic (exact) mass is 333 g/mol. The molecule has 0 saturated heterocycles. The van der Waals surface area contributed by atoms with E-state index in [1.807, 2.05) is 6.92 Å². The number of carboxylic acid groups (broad SMARTS) is 1. The maximum Gasteiger partial charge on any atom is 0.320 e. The van der Waals surface area contributed by atoms with Crippen molar-refractivity contribution in [2.75, 3.05) is 0 Å². The van der Waals surface area contributed by atoms with Gasteiger partial charge in [0.1, 0.15) is 6.04 Å². The first-order chi connectivity index (χ1) is 10.8. The van der Waals surface area contributed by atoms with Gasteiger partial charge in [0.05, 0.1) is 10.6 Å². The Morgan fingerprint density at radius 3 is 2.09 bits per heavy atom. The van der Waals surface area contributed by atoms with Crippen LogP contribution in [0.4, 0.5) is 0 Å². The quantitative estimate of drug-likeness (QED) is 0.842. The lowest BCUT2D eigenvalue weighted by molar-refractivity contribution is -0.138. The van der Waals surface area contributed by atoms with Crippen molar-refractivity contribution in [1.82, 2.24) is 0 Å². The van der Waals surface area contributed by atoms with Crippen molar-refractivity contribution in [3.63, 3.8) is 0 Å². The third kappa shape index (κ3) is 4.64. The highest BCUT2D eigenvalue weighted by Gasteiger charge is 2.16. The first kappa shape index (κ1) is 17.2. The van der Waals surface area contributed by atoms with E-state index in [1.165, 1.54) is 0 Å². The summed E-state index contributed by atoms with van der Waals surface area (Å²) in [6.45, 7) is 1.90. The molecule has 3 N–H and O–H groups in total. The number of carboxylic acids is 1. The Bertz CT molecular complexity index is 780. The molecule has 0 radical (unpaired) electrons. The molecule has 0 bridgehead atoms. The predicted octanol–water partition coefficient (Wildman–Crippen LogP) is 1.92. The molecule has 0 unspecified atom stereocenters. The second kappa shape index (κ2) is 6.93. The van der Waals surface area contributed by atoms with Gasteiger partial charge in [-0.3, -0.25) is 4.79 Å². The van der Waals surface area contributed by atoms with Gasteiger partial charge in [-0.05, 0) is 36.6 Å². The topological polar surface area (TPSA) is 97.5 Å². The van der Waals surface area contributed by atoms with Crippen LogP contribution < -0.4 is 5.73 Å². The molecule has 0 aliphatic rings. The molecule has 1 atom stereocenters. The number of carbonyl (C=O) groups is 1. The van der Waals surface area contributed by atoms with E-state index in [0.29, 0.717) is 10.5 Å². The molecule has 0 spiro atoms. The second-order valence-corrected chi connectivity index (χ2v) is 7.53. The summed E-state index contributed by atoms with van der Waals surface area (Å²) >= 11 is 0. The van der Waals surface area contributed by atoms with Gasteiger partial charge >= 0.3 is 5.97 Å². The summed E-state index contributed by atoms with van der Waals surface area (Å²) in [7, 11) is -3.40. The molecule has 2 rings (SSSR count). The zero-order valence-corrected chi connectivity index (χ0v) is 13.6. The van der Waals surface area contributed by atoms with Crippen molar-refractivity contribution >= 4 is 15.8 Å². The number of benzene rings is 2. The zero-order valence-electron chi connectivity index (χ0n) is 12.8. The second-order valence-electron chi connectivity index (χ2n) is 5.54. The van der Waals surface area contributed by atoms with Crippen molar-refractivity contribution in [2.24, 2.45) is 5.73 Å². The molecule has 0 aliphatic heterocycles. The lowest BCUT2D eigenvalue weighted by atomic mass is 10.1. The smallest absolute Gasteiger partial charge is 0.320 e. The molecule has 122 valence electrons. The Kier molecular flexibility index (Phi) is 5.18. The number of hydrogen-bond acceptors (Lipinski definition) is 4. The summed E-state index contributed by atoms with van der Waals surface area (Å²) < 4.78 is 24.7. The fourth-order valence-corrected chi connectivity index (χ4v) is 3.51. The molecule has 2 aromatic rings. The lowest BCUT2D eigenvalue weighted by Gasteiger charge is -2.08. The van der Waals surface area contributed by atoms with Gasteiger partial charge in [-0.1, -0.05) is 42.0 Å². The number of nitrogens with two attached hydrogens (primary N) is 1. The zero-order chi connectivity index (χ0) is 17.0. The van der Waals surface area contributed by atoms with Gasteiger partial charge in [0.2, 0.25) is 0 Å². The van der Waals surface area contributed by atoms with E-state index in [0.717, 1.165) is 11.1 Å². The van der Waals surface area contributed by atoms with Crippen molar-refractivity contribution < 1.29 is 18.3 Å². The van der Waals surface area contributed by atoms with E-state index in [9.17, 15) is 13.2 Å². The van der Waals surface area contributed by atoms with Gasteiger partial charge in [0, 0.05) is 0 Å². The Morgan fingerprint density at radius 2 is 1.57 bits per heavy atom. The SMILES string of the molecule is Cc1ccc(S(=O)(=O)Cc2ccc(C[C@H](N)C(=O)O)cc2)cc1. The van der Waals surface area contributed by atoms with Crippen LogP contribution in [0.5, 0.6) is 0 Å².